The molecule has 2 N–H and O–H groups in total. The van der Waals surface area contributed by atoms with Crippen LogP contribution in [0.5, 0.6) is 0 Å². The first-order chi connectivity index (χ1) is 7.83. The molecule has 0 radical (unpaired) electrons. The van der Waals surface area contributed by atoms with Crippen LogP contribution in [0, 0.1) is 0 Å². The second kappa shape index (κ2) is 5.07. The number of nitrogens with two attached hydrogens (primary N) is 1. The van der Waals surface area contributed by atoms with Crippen LogP contribution in [0.3, 0.4) is 0 Å². The molecule has 4 nitrogen and oxygen atoms in total. The molecule has 1 aliphatic rings. The predicted octanol–water partition coefficient (Wildman–Crippen LogP) is 1.03. The average molecular weight is 219 g/mol. The largest absolute Gasteiger partial charge is 0.334 e. The number of hydrogen-bond acceptors (Lipinski definition) is 3. The van der Waals surface area contributed by atoms with Gasteiger partial charge in [0.25, 0.3) is 5.91 Å². The van der Waals surface area contributed by atoms with Crippen molar-refractivity contribution in [2.24, 2.45) is 5.73 Å². The maximum absolute atomic E-state index is 12.2. The minimum absolute atomic E-state index is 0.0586. The minimum atomic E-state index is 0.0586. The molecule has 1 aliphatic heterocycles. The van der Waals surface area contributed by atoms with Crippen LogP contribution < -0.4 is 5.73 Å². The van der Waals surface area contributed by atoms with Gasteiger partial charge in [-0.15, -0.1) is 0 Å². The van der Waals surface area contributed by atoms with Gasteiger partial charge in [0.15, 0.2) is 0 Å². The average Bonchev–Trinajstić information content (AvgIpc) is 2.39. The summed E-state index contributed by atoms with van der Waals surface area (Å²) < 4.78 is 0. The van der Waals surface area contributed by atoms with Crippen LogP contribution in [0.1, 0.15) is 29.6 Å². The standard InChI is InChI=1S/C12H17N3O/c13-8-11-5-1-2-7-15(11)12(16)10-4-3-6-14-9-10/h3-4,6,9,11H,1-2,5,7-8,13H2. The van der Waals surface area contributed by atoms with Crippen molar-refractivity contribution in [2.75, 3.05) is 13.1 Å². The molecule has 1 aromatic rings. The first-order valence-corrected chi connectivity index (χ1v) is 5.74. The van der Waals surface area contributed by atoms with Crippen molar-refractivity contribution >= 4 is 5.91 Å². The lowest BCUT2D eigenvalue weighted by molar-refractivity contribution is 0.0623. The molecule has 0 spiro atoms. The molecule has 0 bridgehead atoms. The number of nitrogens with zero attached hydrogens (tertiary/aromatic N) is 2. The molecule has 1 amide bonds. The third-order valence-electron chi connectivity index (χ3n) is 3.07. The lowest BCUT2D eigenvalue weighted by atomic mass is 10.0. The molecule has 16 heavy (non-hydrogen) atoms. The summed E-state index contributed by atoms with van der Waals surface area (Å²) in [5.74, 6) is 0.0586. The van der Waals surface area contributed by atoms with E-state index in [-0.39, 0.29) is 11.9 Å². The molecule has 1 aromatic heterocycles. The van der Waals surface area contributed by atoms with Crippen molar-refractivity contribution in [1.29, 1.82) is 0 Å². The molecule has 0 aromatic carbocycles. The highest BCUT2D eigenvalue weighted by Gasteiger charge is 2.26. The fourth-order valence-corrected chi connectivity index (χ4v) is 2.17. The van der Waals surface area contributed by atoms with Crippen molar-refractivity contribution < 1.29 is 4.79 Å². The number of carbonyl (C=O) groups excluding carboxylic acids is 1. The quantitative estimate of drug-likeness (QED) is 0.808. The van der Waals surface area contributed by atoms with E-state index >= 15 is 0 Å². The van der Waals surface area contributed by atoms with E-state index in [0.29, 0.717) is 12.1 Å². The molecule has 1 fully saturated rings. The van der Waals surface area contributed by atoms with Crippen molar-refractivity contribution in [1.82, 2.24) is 9.88 Å². The third-order valence-corrected chi connectivity index (χ3v) is 3.07. The van der Waals surface area contributed by atoms with Crippen molar-refractivity contribution in [3.63, 3.8) is 0 Å². The summed E-state index contributed by atoms with van der Waals surface area (Å²) in [6.07, 6.45) is 6.54. The first kappa shape index (κ1) is 11.1. The lowest BCUT2D eigenvalue weighted by Gasteiger charge is -2.35. The Bertz CT molecular complexity index is 353. The summed E-state index contributed by atoms with van der Waals surface area (Å²) in [4.78, 5) is 18.1. The van der Waals surface area contributed by atoms with Gasteiger partial charge in [0.05, 0.1) is 5.56 Å². The summed E-state index contributed by atoms with van der Waals surface area (Å²) in [5, 5.41) is 0. The number of aromatic nitrogens is 1. The Hall–Kier alpha value is -1.42. The van der Waals surface area contributed by atoms with E-state index in [0.717, 1.165) is 19.4 Å². The highest BCUT2D eigenvalue weighted by molar-refractivity contribution is 5.94. The molecule has 0 saturated carbocycles. The van der Waals surface area contributed by atoms with Crippen LogP contribution in [0.4, 0.5) is 0 Å². The SMILES string of the molecule is NCC1CCCCN1C(=O)c1cccnc1. The van der Waals surface area contributed by atoms with Crippen LogP contribution in [0.25, 0.3) is 0 Å². The van der Waals surface area contributed by atoms with Gasteiger partial charge in [-0.05, 0) is 31.4 Å². The molecule has 2 heterocycles. The number of carbonyl (C=O) groups is 1. The maximum Gasteiger partial charge on any atom is 0.255 e. The number of piperidine rings is 1. The van der Waals surface area contributed by atoms with E-state index in [1.165, 1.54) is 6.42 Å². The van der Waals surface area contributed by atoms with Gasteiger partial charge in [0, 0.05) is 31.5 Å². The Morgan fingerprint density at radius 1 is 1.56 bits per heavy atom. The summed E-state index contributed by atoms with van der Waals surface area (Å²) in [6.45, 7) is 1.36. The third kappa shape index (κ3) is 2.22. The molecule has 2 rings (SSSR count). The number of hydrogen-bond donors (Lipinski definition) is 1. The Labute approximate surface area is 95.5 Å². The number of pyridine rings is 1. The molecule has 86 valence electrons. The zero-order valence-electron chi connectivity index (χ0n) is 9.30. The predicted molar refractivity (Wildman–Crippen MR) is 62.0 cm³/mol. The zero-order chi connectivity index (χ0) is 11.4. The fourth-order valence-electron chi connectivity index (χ4n) is 2.17. The smallest absolute Gasteiger partial charge is 0.255 e. The van der Waals surface area contributed by atoms with Crippen molar-refractivity contribution in [2.45, 2.75) is 25.3 Å². The lowest BCUT2D eigenvalue weighted by Crippen LogP contribution is -2.47. The van der Waals surface area contributed by atoms with E-state index < -0.39 is 0 Å². The first-order valence-electron chi connectivity index (χ1n) is 5.74. The minimum Gasteiger partial charge on any atom is -0.334 e. The van der Waals surface area contributed by atoms with Gasteiger partial charge in [-0.25, -0.2) is 0 Å². The van der Waals surface area contributed by atoms with Crippen molar-refractivity contribution in [3.8, 4) is 0 Å². The second-order valence-electron chi connectivity index (χ2n) is 4.13. The zero-order valence-corrected chi connectivity index (χ0v) is 9.30. The molecular weight excluding hydrogens is 202 g/mol. The van der Waals surface area contributed by atoms with Crippen LogP contribution in [0.2, 0.25) is 0 Å². The highest BCUT2D eigenvalue weighted by Crippen LogP contribution is 2.18. The Balaban J connectivity index is 2.14. The monoisotopic (exact) mass is 219 g/mol. The summed E-state index contributed by atoms with van der Waals surface area (Å²) in [7, 11) is 0. The van der Waals surface area contributed by atoms with Crippen LogP contribution in [-0.4, -0.2) is 34.9 Å². The van der Waals surface area contributed by atoms with Crippen LogP contribution in [-0.2, 0) is 0 Å². The Morgan fingerprint density at radius 3 is 3.12 bits per heavy atom. The van der Waals surface area contributed by atoms with Gasteiger partial charge in [0.1, 0.15) is 0 Å². The van der Waals surface area contributed by atoms with E-state index in [1.807, 2.05) is 4.90 Å². The fraction of sp³-hybridized carbons (Fsp3) is 0.500. The van der Waals surface area contributed by atoms with Crippen molar-refractivity contribution in [3.05, 3.63) is 30.1 Å². The Morgan fingerprint density at radius 2 is 2.44 bits per heavy atom. The van der Waals surface area contributed by atoms with Gasteiger partial charge in [-0.2, -0.15) is 0 Å². The molecule has 1 saturated heterocycles. The molecule has 4 heteroatoms. The van der Waals surface area contributed by atoms with E-state index in [1.54, 1.807) is 24.5 Å². The molecule has 0 aliphatic carbocycles. The summed E-state index contributed by atoms with van der Waals surface area (Å²) >= 11 is 0. The van der Waals surface area contributed by atoms with Crippen LogP contribution >= 0.6 is 0 Å². The number of likely N-dealkylation sites (tertiary alicyclic amines) is 1. The van der Waals surface area contributed by atoms with E-state index in [9.17, 15) is 4.79 Å². The van der Waals surface area contributed by atoms with Gasteiger partial charge in [0.2, 0.25) is 0 Å². The van der Waals surface area contributed by atoms with Gasteiger partial charge in [-0.3, -0.25) is 9.78 Å². The number of rotatable bonds is 2. The maximum atomic E-state index is 12.2. The van der Waals surface area contributed by atoms with Gasteiger partial charge in [-0.1, -0.05) is 0 Å². The van der Waals surface area contributed by atoms with E-state index in [2.05, 4.69) is 4.98 Å². The summed E-state index contributed by atoms with van der Waals surface area (Å²) in [5.41, 5.74) is 6.36. The molecule has 1 atom stereocenters. The molecule has 1 unspecified atom stereocenters. The van der Waals surface area contributed by atoms with E-state index in [4.69, 9.17) is 5.73 Å². The van der Waals surface area contributed by atoms with Gasteiger partial charge < -0.3 is 10.6 Å². The highest BCUT2D eigenvalue weighted by atomic mass is 16.2. The Kier molecular flexibility index (Phi) is 3.51. The summed E-state index contributed by atoms with van der Waals surface area (Å²) in [6, 6.07) is 3.79. The molecular formula is C12H17N3O. The normalized spacial score (nSPS) is 20.8. The topological polar surface area (TPSA) is 59.2 Å². The second-order valence-corrected chi connectivity index (χ2v) is 4.13. The van der Waals surface area contributed by atoms with Crippen LogP contribution in [0.15, 0.2) is 24.5 Å². The van der Waals surface area contributed by atoms with Gasteiger partial charge >= 0.3 is 0 Å². The number of amides is 1.